The maximum atomic E-state index is 11.5. The molecule has 0 fully saturated rings. The van der Waals surface area contributed by atoms with Gasteiger partial charge < -0.3 is 5.11 Å². The molecule has 0 saturated heterocycles. The van der Waals surface area contributed by atoms with Gasteiger partial charge in [-0.1, -0.05) is 31.0 Å². The van der Waals surface area contributed by atoms with E-state index in [0.29, 0.717) is 5.56 Å². The van der Waals surface area contributed by atoms with Crippen molar-refractivity contribution < 1.29 is 9.90 Å². The van der Waals surface area contributed by atoms with Crippen molar-refractivity contribution in [2.45, 2.75) is 13.8 Å². The summed E-state index contributed by atoms with van der Waals surface area (Å²) in [6.45, 7) is 11.3. The molecule has 0 heterocycles. The summed E-state index contributed by atoms with van der Waals surface area (Å²) in [7, 11) is 0. The summed E-state index contributed by atoms with van der Waals surface area (Å²) in [5, 5.41) is 9.63. The minimum Gasteiger partial charge on any atom is -0.508 e. The Labute approximate surface area is 112 Å². The SMILES string of the molecule is C=CC(=O)c1cc(O)cc(C(=C)S/C(C)=C\C)c1. The third kappa shape index (κ3) is 3.64. The molecule has 0 aliphatic carbocycles. The maximum absolute atomic E-state index is 11.5. The Morgan fingerprint density at radius 1 is 1.33 bits per heavy atom. The summed E-state index contributed by atoms with van der Waals surface area (Å²) in [6, 6.07) is 4.73. The highest BCUT2D eigenvalue weighted by Crippen LogP contribution is 2.33. The fourth-order valence-electron chi connectivity index (χ4n) is 1.34. The minimum absolute atomic E-state index is 0.0533. The van der Waals surface area contributed by atoms with Gasteiger partial charge in [0.15, 0.2) is 5.78 Å². The van der Waals surface area contributed by atoms with Crippen LogP contribution in [0.1, 0.15) is 29.8 Å². The lowest BCUT2D eigenvalue weighted by Gasteiger charge is -2.08. The van der Waals surface area contributed by atoms with Gasteiger partial charge in [0.2, 0.25) is 0 Å². The van der Waals surface area contributed by atoms with E-state index in [9.17, 15) is 9.90 Å². The highest BCUT2D eigenvalue weighted by atomic mass is 32.2. The second-order valence-corrected chi connectivity index (χ2v) is 5.10. The van der Waals surface area contributed by atoms with Crippen molar-refractivity contribution in [2.24, 2.45) is 0 Å². The quantitative estimate of drug-likeness (QED) is 0.630. The average Bonchev–Trinajstić information content (AvgIpc) is 2.36. The summed E-state index contributed by atoms with van der Waals surface area (Å²) in [6.07, 6.45) is 3.21. The maximum Gasteiger partial charge on any atom is 0.185 e. The Morgan fingerprint density at radius 2 is 1.94 bits per heavy atom. The zero-order valence-corrected chi connectivity index (χ0v) is 11.4. The lowest BCUT2D eigenvalue weighted by Crippen LogP contribution is -1.94. The van der Waals surface area contributed by atoms with E-state index in [1.807, 2.05) is 19.9 Å². The monoisotopic (exact) mass is 260 g/mol. The van der Waals surface area contributed by atoms with Gasteiger partial charge in [-0.25, -0.2) is 0 Å². The molecule has 3 heteroatoms. The molecule has 0 aliphatic heterocycles. The van der Waals surface area contributed by atoms with Crippen LogP contribution in [0.4, 0.5) is 0 Å². The third-order valence-electron chi connectivity index (χ3n) is 2.40. The predicted octanol–water partition coefficient (Wildman–Crippen LogP) is 4.39. The number of benzene rings is 1. The molecule has 94 valence electrons. The molecule has 1 N–H and O–H groups in total. The van der Waals surface area contributed by atoms with E-state index >= 15 is 0 Å². The van der Waals surface area contributed by atoms with Gasteiger partial charge in [0.05, 0.1) is 0 Å². The Hall–Kier alpha value is -1.74. The molecule has 0 radical (unpaired) electrons. The topological polar surface area (TPSA) is 37.3 Å². The van der Waals surface area contributed by atoms with Crippen LogP contribution >= 0.6 is 11.8 Å². The molecule has 1 aromatic rings. The molecular weight excluding hydrogens is 244 g/mol. The van der Waals surface area contributed by atoms with Gasteiger partial charge in [-0.05, 0) is 48.6 Å². The van der Waals surface area contributed by atoms with Gasteiger partial charge in [0, 0.05) is 10.5 Å². The highest BCUT2D eigenvalue weighted by molar-refractivity contribution is 8.11. The van der Waals surface area contributed by atoms with Gasteiger partial charge >= 0.3 is 0 Å². The predicted molar refractivity (Wildman–Crippen MR) is 78.7 cm³/mol. The van der Waals surface area contributed by atoms with Crippen molar-refractivity contribution in [3.63, 3.8) is 0 Å². The molecule has 18 heavy (non-hydrogen) atoms. The van der Waals surface area contributed by atoms with Crippen LogP contribution in [0.2, 0.25) is 0 Å². The summed E-state index contributed by atoms with van der Waals surface area (Å²) in [4.78, 5) is 13.4. The van der Waals surface area contributed by atoms with Crippen molar-refractivity contribution in [1.29, 1.82) is 0 Å². The number of phenolic OH excluding ortho intramolecular Hbond substituents is 1. The Bertz CT molecular complexity index is 527. The Morgan fingerprint density at radius 3 is 2.50 bits per heavy atom. The molecule has 0 spiro atoms. The summed E-state index contributed by atoms with van der Waals surface area (Å²) in [5.74, 6) is -0.162. The number of rotatable bonds is 5. The molecule has 1 aromatic carbocycles. The Balaban J connectivity index is 3.10. The molecular formula is C15H16O2S. The summed E-state index contributed by atoms with van der Waals surface area (Å²) < 4.78 is 0. The van der Waals surface area contributed by atoms with E-state index in [-0.39, 0.29) is 11.5 Å². The van der Waals surface area contributed by atoms with Gasteiger partial charge in [0.25, 0.3) is 0 Å². The first-order valence-corrected chi connectivity index (χ1v) is 6.30. The number of thioether (sulfide) groups is 1. The molecule has 0 aromatic heterocycles. The van der Waals surface area contributed by atoms with Gasteiger partial charge in [-0.3, -0.25) is 4.79 Å². The molecule has 0 aliphatic rings. The number of carbonyl (C=O) groups excluding carboxylic acids is 1. The lowest BCUT2D eigenvalue weighted by molar-refractivity contribution is 0.104. The number of carbonyl (C=O) groups is 1. The molecule has 0 unspecified atom stereocenters. The zero-order valence-electron chi connectivity index (χ0n) is 10.6. The van der Waals surface area contributed by atoms with Crippen LogP contribution in [-0.2, 0) is 0 Å². The zero-order chi connectivity index (χ0) is 13.7. The van der Waals surface area contributed by atoms with Gasteiger partial charge in [-0.2, -0.15) is 0 Å². The van der Waals surface area contributed by atoms with Crippen LogP contribution in [0.15, 0.2) is 48.4 Å². The average molecular weight is 260 g/mol. The van der Waals surface area contributed by atoms with Crippen LogP contribution in [0.25, 0.3) is 4.91 Å². The Kier molecular flexibility index (Phi) is 4.98. The molecule has 0 atom stereocenters. The number of hydrogen-bond acceptors (Lipinski definition) is 3. The van der Waals surface area contributed by atoms with E-state index < -0.39 is 0 Å². The minimum atomic E-state index is -0.215. The number of ketones is 1. The largest absolute Gasteiger partial charge is 0.508 e. The van der Waals surface area contributed by atoms with E-state index in [4.69, 9.17) is 0 Å². The first kappa shape index (κ1) is 14.3. The molecule has 0 bridgehead atoms. The second kappa shape index (κ2) is 6.26. The molecule has 0 saturated carbocycles. The van der Waals surface area contributed by atoms with Crippen molar-refractivity contribution in [3.05, 3.63) is 59.5 Å². The summed E-state index contributed by atoms with van der Waals surface area (Å²) >= 11 is 1.51. The first-order chi connectivity index (χ1) is 8.47. The van der Waals surface area contributed by atoms with Crippen molar-refractivity contribution >= 4 is 22.5 Å². The van der Waals surface area contributed by atoms with Crippen molar-refractivity contribution in [1.82, 2.24) is 0 Å². The van der Waals surface area contributed by atoms with E-state index in [1.165, 1.54) is 23.9 Å². The fourth-order valence-corrected chi connectivity index (χ4v) is 2.09. The number of allylic oxidation sites excluding steroid dienone is 3. The number of phenols is 1. The van der Waals surface area contributed by atoms with Crippen LogP contribution in [0.3, 0.4) is 0 Å². The van der Waals surface area contributed by atoms with Crippen LogP contribution in [0, 0.1) is 0 Å². The third-order valence-corrected chi connectivity index (χ3v) is 3.44. The second-order valence-electron chi connectivity index (χ2n) is 3.76. The van der Waals surface area contributed by atoms with Crippen LogP contribution in [-0.4, -0.2) is 10.9 Å². The van der Waals surface area contributed by atoms with E-state index in [0.717, 1.165) is 15.4 Å². The van der Waals surface area contributed by atoms with Crippen molar-refractivity contribution in [3.8, 4) is 5.75 Å². The fraction of sp³-hybridized carbons (Fsp3) is 0.133. The van der Waals surface area contributed by atoms with Gasteiger partial charge in [0.1, 0.15) is 5.75 Å². The molecule has 1 rings (SSSR count). The first-order valence-electron chi connectivity index (χ1n) is 5.48. The summed E-state index contributed by atoms with van der Waals surface area (Å²) in [5.41, 5.74) is 1.16. The molecule has 0 amide bonds. The normalized spacial score (nSPS) is 11.1. The van der Waals surface area contributed by atoms with E-state index in [1.54, 1.807) is 12.1 Å². The van der Waals surface area contributed by atoms with Gasteiger partial charge in [-0.15, -0.1) is 0 Å². The van der Waals surface area contributed by atoms with Crippen LogP contribution < -0.4 is 0 Å². The smallest absolute Gasteiger partial charge is 0.185 e. The highest BCUT2D eigenvalue weighted by Gasteiger charge is 2.08. The molecule has 2 nitrogen and oxygen atoms in total. The number of hydrogen-bond donors (Lipinski definition) is 1. The standard InChI is InChI=1S/C15H16O2S/c1-5-10(3)18-11(4)12-7-13(15(17)6-2)9-14(16)8-12/h5-9,16H,2,4H2,1,3H3/b10-5-. The lowest BCUT2D eigenvalue weighted by atomic mass is 10.1. The van der Waals surface area contributed by atoms with E-state index in [2.05, 4.69) is 13.2 Å². The number of aromatic hydroxyl groups is 1. The van der Waals surface area contributed by atoms with Crippen molar-refractivity contribution in [2.75, 3.05) is 0 Å². The van der Waals surface area contributed by atoms with Crippen LogP contribution in [0.5, 0.6) is 5.75 Å².